The lowest BCUT2D eigenvalue weighted by molar-refractivity contribution is 0.256. The molecule has 7 heteroatoms. The Balaban J connectivity index is 3.06. The summed E-state index contributed by atoms with van der Waals surface area (Å²) < 4.78 is 27.1. The molecule has 0 bridgehead atoms. The van der Waals surface area contributed by atoms with Crippen molar-refractivity contribution in [1.29, 1.82) is 0 Å². The van der Waals surface area contributed by atoms with Crippen molar-refractivity contribution < 1.29 is 13.5 Å². The van der Waals surface area contributed by atoms with Gasteiger partial charge in [0, 0.05) is 17.7 Å². The summed E-state index contributed by atoms with van der Waals surface area (Å²) >= 11 is 11.7. The summed E-state index contributed by atoms with van der Waals surface area (Å²) in [5.74, 6) is 0.0554. The predicted octanol–water partition coefficient (Wildman–Crippen LogP) is 2.68. The monoisotopic (exact) mass is 325 g/mol. The van der Waals surface area contributed by atoms with E-state index in [2.05, 4.69) is 4.72 Å². The van der Waals surface area contributed by atoms with Gasteiger partial charge in [0.25, 0.3) is 0 Å². The third kappa shape index (κ3) is 4.61. The number of hydrogen-bond acceptors (Lipinski definition) is 3. The topological polar surface area (TPSA) is 66.4 Å². The van der Waals surface area contributed by atoms with E-state index in [1.807, 2.05) is 13.8 Å². The van der Waals surface area contributed by atoms with Crippen LogP contribution >= 0.6 is 23.2 Å². The second-order valence-corrected chi connectivity index (χ2v) is 7.08. The summed E-state index contributed by atoms with van der Waals surface area (Å²) in [7, 11) is -3.76. The van der Waals surface area contributed by atoms with Crippen LogP contribution in [0.2, 0.25) is 10.0 Å². The van der Waals surface area contributed by atoms with Crippen molar-refractivity contribution in [2.24, 2.45) is 5.92 Å². The molecule has 4 nitrogen and oxygen atoms in total. The number of hydrogen-bond donors (Lipinski definition) is 2. The van der Waals surface area contributed by atoms with E-state index in [-0.39, 0.29) is 28.5 Å². The molecule has 0 saturated carbocycles. The molecule has 0 aliphatic rings. The normalized spacial score (nSPS) is 13.8. The maximum Gasteiger partial charge on any atom is 0.242 e. The van der Waals surface area contributed by atoms with E-state index in [1.54, 1.807) is 0 Å². The van der Waals surface area contributed by atoms with Gasteiger partial charge < -0.3 is 5.11 Å². The quantitative estimate of drug-likeness (QED) is 0.845. The Morgan fingerprint density at radius 2 is 1.95 bits per heavy atom. The molecule has 1 rings (SSSR count). The molecule has 0 radical (unpaired) electrons. The van der Waals surface area contributed by atoms with E-state index in [9.17, 15) is 8.42 Å². The predicted molar refractivity (Wildman–Crippen MR) is 77.1 cm³/mol. The number of sulfonamides is 1. The molecule has 0 aliphatic heterocycles. The van der Waals surface area contributed by atoms with Gasteiger partial charge in [0.15, 0.2) is 0 Å². The lowest BCUT2D eigenvalue weighted by atomic mass is 10.0. The number of aliphatic hydroxyl groups excluding tert-OH is 1. The summed E-state index contributed by atoms with van der Waals surface area (Å²) in [6.45, 7) is 3.67. The van der Waals surface area contributed by atoms with Gasteiger partial charge in [-0.1, -0.05) is 37.0 Å². The van der Waals surface area contributed by atoms with E-state index in [1.165, 1.54) is 18.2 Å². The largest absolute Gasteiger partial charge is 0.396 e. The van der Waals surface area contributed by atoms with Gasteiger partial charge in [-0.15, -0.1) is 0 Å². The lowest BCUT2D eigenvalue weighted by Crippen LogP contribution is -2.39. The van der Waals surface area contributed by atoms with Crippen molar-refractivity contribution in [3.63, 3.8) is 0 Å². The Labute approximate surface area is 123 Å². The Hall–Kier alpha value is -0.330. The first-order valence-electron chi connectivity index (χ1n) is 5.86. The maximum atomic E-state index is 12.3. The van der Waals surface area contributed by atoms with Gasteiger partial charge in [0.05, 0.1) is 5.02 Å². The molecular formula is C12H17Cl2NO3S. The second kappa shape index (κ2) is 6.90. The molecule has 19 heavy (non-hydrogen) atoms. The number of nitrogens with one attached hydrogen (secondary N) is 1. The van der Waals surface area contributed by atoms with Crippen molar-refractivity contribution in [2.75, 3.05) is 6.61 Å². The highest BCUT2D eigenvalue weighted by Gasteiger charge is 2.24. The van der Waals surface area contributed by atoms with Crippen LogP contribution < -0.4 is 4.72 Å². The second-order valence-electron chi connectivity index (χ2n) is 4.56. The molecule has 0 saturated heterocycles. The SMILES string of the molecule is CC(C)C(CCO)NS(=O)(=O)c1cc(Cl)ccc1Cl. The van der Waals surface area contributed by atoms with E-state index in [0.717, 1.165) is 0 Å². The minimum absolute atomic E-state index is 0.0507. The van der Waals surface area contributed by atoms with Gasteiger partial charge in [0.1, 0.15) is 4.90 Å². The summed E-state index contributed by atoms with van der Waals surface area (Å²) in [6.07, 6.45) is 0.342. The lowest BCUT2D eigenvalue weighted by Gasteiger charge is -2.21. The van der Waals surface area contributed by atoms with Crippen LogP contribution in [-0.4, -0.2) is 26.2 Å². The smallest absolute Gasteiger partial charge is 0.242 e. The van der Waals surface area contributed by atoms with Gasteiger partial charge in [-0.3, -0.25) is 0 Å². The molecule has 108 valence electrons. The van der Waals surface area contributed by atoms with E-state index >= 15 is 0 Å². The number of aliphatic hydroxyl groups is 1. The van der Waals surface area contributed by atoms with Gasteiger partial charge in [0.2, 0.25) is 10.0 Å². The third-order valence-corrected chi connectivity index (χ3v) is 4.94. The average Bonchev–Trinajstić information content (AvgIpc) is 2.31. The van der Waals surface area contributed by atoms with Crippen LogP contribution in [0.15, 0.2) is 23.1 Å². The number of halogens is 2. The van der Waals surface area contributed by atoms with E-state index in [4.69, 9.17) is 28.3 Å². The van der Waals surface area contributed by atoms with Gasteiger partial charge in [-0.25, -0.2) is 13.1 Å². The fourth-order valence-corrected chi connectivity index (χ4v) is 3.79. The fourth-order valence-electron chi connectivity index (χ4n) is 1.61. The molecule has 1 unspecified atom stereocenters. The van der Waals surface area contributed by atoms with Crippen LogP contribution in [0.1, 0.15) is 20.3 Å². The molecule has 1 atom stereocenters. The molecule has 2 N–H and O–H groups in total. The van der Waals surface area contributed by atoms with Gasteiger partial charge >= 0.3 is 0 Å². The summed E-state index contributed by atoms with van der Waals surface area (Å²) in [6, 6.07) is 3.92. The highest BCUT2D eigenvalue weighted by Crippen LogP contribution is 2.25. The molecule has 0 fully saturated rings. The fraction of sp³-hybridized carbons (Fsp3) is 0.500. The molecule has 0 heterocycles. The Morgan fingerprint density at radius 3 is 2.47 bits per heavy atom. The van der Waals surface area contributed by atoms with Gasteiger partial charge in [-0.2, -0.15) is 0 Å². The minimum Gasteiger partial charge on any atom is -0.396 e. The maximum absolute atomic E-state index is 12.3. The molecular weight excluding hydrogens is 309 g/mol. The van der Waals surface area contributed by atoms with Gasteiger partial charge in [-0.05, 0) is 30.5 Å². The zero-order valence-corrected chi connectivity index (χ0v) is 13.1. The van der Waals surface area contributed by atoms with Crippen LogP contribution in [0.4, 0.5) is 0 Å². The molecule has 1 aromatic carbocycles. The Bertz CT molecular complexity index is 532. The average molecular weight is 326 g/mol. The van der Waals surface area contributed by atoms with Crippen LogP contribution in [0, 0.1) is 5.92 Å². The molecule has 0 aromatic heterocycles. The third-order valence-electron chi connectivity index (χ3n) is 2.73. The molecule has 0 aliphatic carbocycles. The van der Waals surface area contributed by atoms with E-state index < -0.39 is 10.0 Å². The van der Waals surface area contributed by atoms with Crippen molar-refractivity contribution >= 4 is 33.2 Å². The summed E-state index contributed by atoms with van der Waals surface area (Å²) in [5.41, 5.74) is 0. The van der Waals surface area contributed by atoms with Crippen molar-refractivity contribution in [3.05, 3.63) is 28.2 Å². The summed E-state index contributed by atoms with van der Waals surface area (Å²) in [5, 5.41) is 9.38. The van der Waals surface area contributed by atoms with Crippen LogP contribution in [0.5, 0.6) is 0 Å². The molecule has 0 amide bonds. The molecule has 0 spiro atoms. The Kier molecular flexibility index (Phi) is 6.08. The zero-order chi connectivity index (χ0) is 14.6. The first kappa shape index (κ1) is 16.7. The van der Waals surface area contributed by atoms with Crippen LogP contribution in [0.25, 0.3) is 0 Å². The zero-order valence-electron chi connectivity index (χ0n) is 10.7. The van der Waals surface area contributed by atoms with Crippen molar-refractivity contribution in [1.82, 2.24) is 4.72 Å². The minimum atomic E-state index is -3.76. The number of rotatable bonds is 6. The standard InChI is InChI=1S/C12H17Cl2NO3S/c1-8(2)11(5-6-16)15-19(17,18)12-7-9(13)3-4-10(12)14/h3-4,7-8,11,15-16H,5-6H2,1-2H3. The van der Waals surface area contributed by atoms with Crippen LogP contribution in [0.3, 0.4) is 0 Å². The van der Waals surface area contributed by atoms with Crippen molar-refractivity contribution in [3.8, 4) is 0 Å². The molecule has 1 aromatic rings. The Morgan fingerprint density at radius 1 is 1.32 bits per heavy atom. The first-order valence-corrected chi connectivity index (χ1v) is 8.10. The highest BCUT2D eigenvalue weighted by molar-refractivity contribution is 7.89. The number of benzene rings is 1. The summed E-state index contributed by atoms with van der Waals surface area (Å²) in [4.78, 5) is -0.0507. The van der Waals surface area contributed by atoms with Crippen molar-refractivity contribution in [2.45, 2.75) is 31.2 Å². The van der Waals surface area contributed by atoms with Crippen LogP contribution in [-0.2, 0) is 10.0 Å². The highest BCUT2D eigenvalue weighted by atomic mass is 35.5. The van der Waals surface area contributed by atoms with E-state index in [0.29, 0.717) is 11.4 Å². The first-order chi connectivity index (χ1) is 8.77.